The normalized spacial score (nSPS) is 28.4. The molecule has 3 rings (SSSR count). The predicted octanol–water partition coefficient (Wildman–Crippen LogP) is 4.47. The monoisotopic (exact) mass is 313 g/mol. The first-order valence-electron chi connectivity index (χ1n) is 9.27. The second kappa shape index (κ2) is 7.19. The molecule has 2 aliphatic carbocycles. The highest BCUT2D eigenvalue weighted by Crippen LogP contribution is 2.52. The molecule has 0 radical (unpaired) electrons. The minimum Gasteiger partial charge on any atom is -0.369 e. The average Bonchev–Trinajstić information content (AvgIpc) is 3.23. The van der Waals surface area contributed by atoms with E-state index in [2.05, 4.69) is 68.2 Å². The van der Waals surface area contributed by atoms with E-state index in [1.54, 1.807) is 0 Å². The summed E-state index contributed by atoms with van der Waals surface area (Å²) in [5.41, 5.74) is 1.17. The summed E-state index contributed by atoms with van der Waals surface area (Å²) < 4.78 is 6.61. The topological polar surface area (TPSA) is 12.5 Å². The summed E-state index contributed by atoms with van der Waals surface area (Å²) in [7, 11) is 0. The zero-order valence-corrected chi connectivity index (χ0v) is 14.9. The molecule has 23 heavy (non-hydrogen) atoms. The molecule has 2 aliphatic rings. The molecule has 1 aromatic carbocycles. The van der Waals surface area contributed by atoms with Crippen molar-refractivity contribution in [3.63, 3.8) is 0 Å². The molecule has 0 aromatic heterocycles. The van der Waals surface area contributed by atoms with E-state index in [1.165, 1.54) is 18.4 Å². The predicted molar refractivity (Wildman–Crippen MR) is 96.4 cm³/mol. The van der Waals surface area contributed by atoms with E-state index in [1.807, 2.05) is 0 Å². The van der Waals surface area contributed by atoms with Gasteiger partial charge in [0, 0.05) is 6.54 Å². The molecule has 0 heterocycles. The van der Waals surface area contributed by atoms with Crippen molar-refractivity contribution in [2.75, 3.05) is 26.2 Å². The van der Waals surface area contributed by atoms with Gasteiger partial charge in [-0.05, 0) is 56.2 Å². The van der Waals surface area contributed by atoms with Crippen LogP contribution in [0.1, 0.15) is 39.2 Å². The van der Waals surface area contributed by atoms with Gasteiger partial charge in [-0.3, -0.25) is 0 Å². The summed E-state index contributed by atoms with van der Waals surface area (Å²) in [6, 6.07) is 10.9. The van der Waals surface area contributed by atoms with Crippen LogP contribution in [0, 0.1) is 17.8 Å². The SMILES string of the molecule is CCN(CC)CCOC(C)(c1ccccc1)C1CC2C=CC1C2. The molecule has 2 heteroatoms. The first-order valence-corrected chi connectivity index (χ1v) is 9.27. The third-order valence-corrected chi connectivity index (χ3v) is 6.04. The third-order valence-electron chi connectivity index (χ3n) is 6.04. The quantitative estimate of drug-likeness (QED) is 0.656. The Morgan fingerprint density at radius 2 is 1.83 bits per heavy atom. The number of hydrogen-bond donors (Lipinski definition) is 0. The zero-order chi connectivity index (χ0) is 16.3. The molecule has 1 saturated carbocycles. The first kappa shape index (κ1) is 16.7. The van der Waals surface area contributed by atoms with Crippen LogP contribution < -0.4 is 0 Å². The molecule has 2 nitrogen and oxygen atoms in total. The lowest BCUT2D eigenvalue weighted by atomic mass is 9.75. The summed E-state index contributed by atoms with van der Waals surface area (Å²) in [4.78, 5) is 2.44. The Labute approximate surface area is 141 Å². The van der Waals surface area contributed by atoms with E-state index in [0.717, 1.165) is 32.2 Å². The second-order valence-corrected chi connectivity index (χ2v) is 7.24. The molecule has 2 bridgehead atoms. The third kappa shape index (κ3) is 3.39. The molecule has 0 saturated heterocycles. The Hall–Kier alpha value is -1.12. The molecule has 126 valence electrons. The summed E-state index contributed by atoms with van der Waals surface area (Å²) in [5, 5.41) is 0. The van der Waals surface area contributed by atoms with Crippen LogP contribution in [-0.2, 0) is 10.3 Å². The summed E-state index contributed by atoms with van der Waals surface area (Å²) in [6.45, 7) is 10.8. The van der Waals surface area contributed by atoms with Gasteiger partial charge in [0.15, 0.2) is 0 Å². The minimum absolute atomic E-state index is 0.168. The Balaban J connectivity index is 1.76. The Morgan fingerprint density at radius 1 is 1.09 bits per heavy atom. The zero-order valence-electron chi connectivity index (χ0n) is 14.9. The van der Waals surface area contributed by atoms with Gasteiger partial charge in [-0.1, -0.05) is 56.3 Å². The van der Waals surface area contributed by atoms with E-state index < -0.39 is 0 Å². The molecule has 4 unspecified atom stereocenters. The van der Waals surface area contributed by atoms with Crippen LogP contribution in [0.4, 0.5) is 0 Å². The molecule has 1 fully saturated rings. The first-order chi connectivity index (χ1) is 11.2. The second-order valence-electron chi connectivity index (χ2n) is 7.24. The van der Waals surface area contributed by atoms with Crippen LogP contribution in [0.2, 0.25) is 0 Å². The molecule has 0 amide bonds. The van der Waals surface area contributed by atoms with Crippen molar-refractivity contribution in [2.24, 2.45) is 17.8 Å². The number of hydrogen-bond acceptors (Lipinski definition) is 2. The van der Waals surface area contributed by atoms with Gasteiger partial charge in [0.1, 0.15) is 0 Å². The highest BCUT2D eigenvalue weighted by atomic mass is 16.5. The van der Waals surface area contributed by atoms with E-state index in [0.29, 0.717) is 11.8 Å². The lowest BCUT2D eigenvalue weighted by Crippen LogP contribution is -2.39. The van der Waals surface area contributed by atoms with Crippen molar-refractivity contribution in [2.45, 2.75) is 39.2 Å². The maximum atomic E-state index is 6.61. The van der Waals surface area contributed by atoms with Crippen LogP contribution >= 0.6 is 0 Å². The van der Waals surface area contributed by atoms with Gasteiger partial charge in [-0.2, -0.15) is 0 Å². The van der Waals surface area contributed by atoms with Gasteiger partial charge < -0.3 is 9.64 Å². The average molecular weight is 313 g/mol. The smallest absolute Gasteiger partial charge is 0.0937 e. The van der Waals surface area contributed by atoms with E-state index in [9.17, 15) is 0 Å². The van der Waals surface area contributed by atoms with Gasteiger partial charge in [-0.15, -0.1) is 0 Å². The van der Waals surface area contributed by atoms with E-state index in [4.69, 9.17) is 4.74 Å². The summed E-state index contributed by atoms with van der Waals surface area (Å²) in [6.07, 6.45) is 7.46. The van der Waals surface area contributed by atoms with Crippen LogP contribution in [0.3, 0.4) is 0 Å². The molecule has 0 spiro atoms. The Bertz CT molecular complexity index is 522. The number of fused-ring (bicyclic) bond motifs is 2. The fourth-order valence-electron chi connectivity index (χ4n) is 4.51. The fourth-order valence-corrected chi connectivity index (χ4v) is 4.51. The lowest BCUT2D eigenvalue weighted by molar-refractivity contribution is -0.0920. The molecular formula is C21H31NO. The van der Waals surface area contributed by atoms with E-state index in [-0.39, 0.29) is 5.60 Å². The van der Waals surface area contributed by atoms with Gasteiger partial charge in [-0.25, -0.2) is 0 Å². The molecule has 1 aromatic rings. The van der Waals surface area contributed by atoms with Crippen LogP contribution in [0.5, 0.6) is 0 Å². The van der Waals surface area contributed by atoms with Crippen molar-refractivity contribution in [1.29, 1.82) is 0 Å². The summed E-state index contributed by atoms with van der Waals surface area (Å²) in [5.74, 6) is 2.08. The molecule has 0 N–H and O–H groups in total. The van der Waals surface area contributed by atoms with E-state index >= 15 is 0 Å². The largest absolute Gasteiger partial charge is 0.369 e. The number of nitrogens with zero attached hydrogens (tertiary/aromatic N) is 1. The number of benzene rings is 1. The van der Waals surface area contributed by atoms with Crippen molar-refractivity contribution < 1.29 is 4.74 Å². The van der Waals surface area contributed by atoms with Gasteiger partial charge in [0.2, 0.25) is 0 Å². The van der Waals surface area contributed by atoms with Crippen LogP contribution in [0.25, 0.3) is 0 Å². The number of rotatable bonds is 8. The lowest BCUT2D eigenvalue weighted by Gasteiger charge is -2.40. The van der Waals surface area contributed by atoms with Crippen LogP contribution in [0.15, 0.2) is 42.5 Å². The highest BCUT2D eigenvalue weighted by molar-refractivity contribution is 5.26. The summed E-state index contributed by atoms with van der Waals surface area (Å²) >= 11 is 0. The Morgan fingerprint density at radius 3 is 2.39 bits per heavy atom. The highest BCUT2D eigenvalue weighted by Gasteiger charge is 2.47. The minimum atomic E-state index is -0.168. The van der Waals surface area contributed by atoms with Crippen molar-refractivity contribution in [3.8, 4) is 0 Å². The van der Waals surface area contributed by atoms with Crippen molar-refractivity contribution in [1.82, 2.24) is 4.90 Å². The van der Waals surface area contributed by atoms with Gasteiger partial charge in [0.05, 0.1) is 12.2 Å². The Kier molecular flexibility index (Phi) is 5.23. The number of ether oxygens (including phenoxy) is 1. The molecular weight excluding hydrogens is 282 g/mol. The van der Waals surface area contributed by atoms with Gasteiger partial charge in [0.25, 0.3) is 0 Å². The van der Waals surface area contributed by atoms with Gasteiger partial charge >= 0.3 is 0 Å². The van der Waals surface area contributed by atoms with Crippen LogP contribution in [-0.4, -0.2) is 31.1 Å². The maximum Gasteiger partial charge on any atom is 0.0937 e. The number of allylic oxidation sites excluding steroid dienone is 2. The number of likely N-dealkylation sites (N-methyl/N-ethyl adjacent to an activating group) is 1. The fraction of sp³-hybridized carbons (Fsp3) is 0.619. The maximum absolute atomic E-state index is 6.61. The molecule has 0 aliphatic heterocycles. The molecule has 4 atom stereocenters. The standard InChI is InChI=1S/C21H31NO/c1-4-22(5-2)13-14-23-21(3,19-9-7-6-8-10-19)20-16-17-11-12-18(20)15-17/h6-12,17-18,20H,4-5,13-16H2,1-3H3. The van der Waals surface area contributed by atoms with Crippen molar-refractivity contribution >= 4 is 0 Å². The van der Waals surface area contributed by atoms with Crippen molar-refractivity contribution in [3.05, 3.63) is 48.0 Å².